The number of rotatable bonds is 4. The van der Waals surface area contributed by atoms with E-state index in [9.17, 15) is 14.9 Å². The summed E-state index contributed by atoms with van der Waals surface area (Å²) in [5.74, 6) is 0.0170. The van der Waals surface area contributed by atoms with Crippen LogP contribution in [0.3, 0.4) is 0 Å². The summed E-state index contributed by atoms with van der Waals surface area (Å²) < 4.78 is 0. The number of thiazole rings is 1. The van der Waals surface area contributed by atoms with Crippen molar-refractivity contribution in [2.75, 3.05) is 13.1 Å². The highest BCUT2D eigenvalue weighted by molar-refractivity contribution is 7.13. The highest BCUT2D eigenvalue weighted by Crippen LogP contribution is 2.32. The van der Waals surface area contributed by atoms with Crippen molar-refractivity contribution >= 4 is 22.9 Å². The fourth-order valence-electron chi connectivity index (χ4n) is 3.23. The molecule has 0 radical (unpaired) electrons. The second-order valence-corrected chi connectivity index (χ2v) is 7.46. The van der Waals surface area contributed by atoms with Crippen molar-refractivity contribution in [3.05, 3.63) is 57.2 Å². The molecule has 1 aromatic carbocycles. The second kappa shape index (κ2) is 6.96. The number of aromatic amines is 1. The Labute approximate surface area is 159 Å². The lowest BCUT2D eigenvalue weighted by Crippen LogP contribution is -2.27. The Balaban J connectivity index is 1.59. The number of carbonyl (C=O) groups excluding carboxylic acids is 1. The molecule has 1 fully saturated rings. The van der Waals surface area contributed by atoms with Crippen LogP contribution in [-0.2, 0) is 0 Å². The third kappa shape index (κ3) is 3.35. The van der Waals surface area contributed by atoms with Crippen LogP contribution >= 0.6 is 11.3 Å². The maximum atomic E-state index is 12.5. The number of amides is 1. The molecule has 1 aliphatic rings. The molecule has 3 heterocycles. The van der Waals surface area contributed by atoms with Crippen LogP contribution in [0.1, 0.15) is 28.9 Å². The van der Waals surface area contributed by atoms with Gasteiger partial charge in [0.25, 0.3) is 11.6 Å². The average Bonchev–Trinajstić information content (AvgIpc) is 3.41. The van der Waals surface area contributed by atoms with E-state index in [2.05, 4.69) is 9.97 Å². The van der Waals surface area contributed by atoms with Crippen LogP contribution in [0.5, 0.6) is 0 Å². The van der Waals surface area contributed by atoms with Gasteiger partial charge in [-0.1, -0.05) is 12.1 Å². The Bertz CT molecular complexity index is 1020. The van der Waals surface area contributed by atoms with E-state index >= 15 is 0 Å². The molecule has 0 atom stereocenters. The minimum absolute atomic E-state index is 0.0170. The van der Waals surface area contributed by atoms with E-state index in [1.54, 1.807) is 25.3 Å². The van der Waals surface area contributed by atoms with Crippen LogP contribution in [0.2, 0.25) is 0 Å². The molecule has 0 spiro atoms. The normalized spacial score (nSPS) is 13.9. The van der Waals surface area contributed by atoms with Gasteiger partial charge in [0.15, 0.2) is 0 Å². The van der Waals surface area contributed by atoms with Gasteiger partial charge in [-0.3, -0.25) is 14.9 Å². The van der Waals surface area contributed by atoms with Crippen molar-refractivity contribution in [1.82, 2.24) is 14.9 Å². The Morgan fingerprint density at radius 3 is 2.78 bits per heavy atom. The summed E-state index contributed by atoms with van der Waals surface area (Å²) >= 11 is 1.42. The number of aryl methyl sites for hydroxylation is 1. The Hall–Kier alpha value is -3.00. The summed E-state index contributed by atoms with van der Waals surface area (Å²) in [5.41, 5.74) is 3.57. The van der Waals surface area contributed by atoms with Gasteiger partial charge in [-0.25, -0.2) is 4.98 Å². The predicted octanol–water partition coefficient (Wildman–Crippen LogP) is 4.26. The number of likely N-dealkylation sites (tertiary alicyclic amines) is 1. The molecular weight excluding hydrogens is 364 g/mol. The molecule has 1 aliphatic heterocycles. The van der Waals surface area contributed by atoms with Crippen LogP contribution < -0.4 is 0 Å². The molecule has 0 saturated carbocycles. The number of nitro benzene ring substituents is 1. The van der Waals surface area contributed by atoms with Crippen LogP contribution in [0.15, 0.2) is 35.8 Å². The number of benzene rings is 1. The molecule has 0 unspecified atom stereocenters. The summed E-state index contributed by atoms with van der Waals surface area (Å²) in [5, 5.41) is 13.8. The fourth-order valence-corrected chi connectivity index (χ4v) is 4.06. The zero-order chi connectivity index (χ0) is 19.0. The summed E-state index contributed by atoms with van der Waals surface area (Å²) in [6.07, 6.45) is 3.88. The molecule has 2 aromatic heterocycles. The third-order valence-electron chi connectivity index (χ3n) is 4.76. The number of nitrogens with one attached hydrogen (secondary N) is 1. The molecular formula is C19H18N4O3S. The quantitative estimate of drug-likeness (QED) is 0.539. The summed E-state index contributed by atoms with van der Waals surface area (Å²) in [6.45, 7) is 3.33. The Morgan fingerprint density at radius 2 is 2.04 bits per heavy atom. The molecule has 7 nitrogen and oxygen atoms in total. The largest absolute Gasteiger partial charge is 0.357 e. The van der Waals surface area contributed by atoms with E-state index in [0.717, 1.165) is 37.2 Å². The van der Waals surface area contributed by atoms with Gasteiger partial charge < -0.3 is 9.88 Å². The fraction of sp³-hybridized carbons (Fsp3) is 0.263. The molecule has 0 bridgehead atoms. The van der Waals surface area contributed by atoms with Gasteiger partial charge in [-0.15, -0.1) is 11.3 Å². The van der Waals surface area contributed by atoms with Gasteiger partial charge in [-0.2, -0.15) is 0 Å². The number of hydrogen-bond donors (Lipinski definition) is 1. The zero-order valence-electron chi connectivity index (χ0n) is 14.8. The summed E-state index contributed by atoms with van der Waals surface area (Å²) in [4.78, 5) is 32.7. The Kier molecular flexibility index (Phi) is 4.49. The smallest absolute Gasteiger partial charge is 0.273 e. The van der Waals surface area contributed by atoms with Gasteiger partial charge in [-0.05, 0) is 25.8 Å². The standard InChI is InChI=1S/C19H18N4O3S/c1-12-4-5-13(9-17(12)23(25)26)18-21-16(11-27-18)14-8-15(20-10-14)19(24)22-6-2-3-7-22/h4-5,8-11,20H,2-3,6-7H2,1H3. The topological polar surface area (TPSA) is 92.1 Å². The van der Waals surface area contributed by atoms with E-state index in [0.29, 0.717) is 21.8 Å². The lowest BCUT2D eigenvalue weighted by molar-refractivity contribution is -0.385. The second-order valence-electron chi connectivity index (χ2n) is 6.60. The van der Waals surface area contributed by atoms with Crippen LogP contribution in [0, 0.1) is 17.0 Å². The number of aromatic nitrogens is 2. The van der Waals surface area contributed by atoms with Crippen molar-refractivity contribution in [3.8, 4) is 21.8 Å². The number of nitrogens with zero attached hydrogens (tertiary/aromatic N) is 3. The van der Waals surface area contributed by atoms with Crippen molar-refractivity contribution in [2.24, 2.45) is 0 Å². The van der Waals surface area contributed by atoms with Gasteiger partial charge >= 0.3 is 0 Å². The molecule has 1 saturated heterocycles. The van der Waals surface area contributed by atoms with E-state index in [1.165, 1.54) is 11.3 Å². The van der Waals surface area contributed by atoms with Crippen molar-refractivity contribution in [2.45, 2.75) is 19.8 Å². The molecule has 1 amide bonds. The minimum Gasteiger partial charge on any atom is -0.357 e. The predicted molar refractivity (Wildman–Crippen MR) is 104 cm³/mol. The number of hydrogen-bond acceptors (Lipinski definition) is 5. The lowest BCUT2D eigenvalue weighted by atomic mass is 10.1. The molecule has 138 valence electrons. The monoisotopic (exact) mass is 382 g/mol. The van der Waals surface area contributed by atoms with Crippen LogP contribution in [0.25, 0.3) is 21.8 Å². The minimum atomic E-state index is -0.379. The number of H-pyrrole nitrogens is 1. The molecule has 27 heavy (non-hydrogen) atoms. The van der Waals surface area contributed by atoms with Gasteiger partial charge in [0.1, 0.15) is 10.7 Å². The van der Waals surface area contributed by atoms with Crippen molar-refractivity contribution in [1.29, 1.82) is 0 Å². The summed E-state index contributed by atoms with van der Waals surface area (Å²) in [6, 6.07) is 6.94. The van der Waals surface area contributed by atoms with Crippen molar-refractivity contribution < 1.29 is 9.72 Å². The van der Waals surface area contributed by atoms with E-state index < -0.39 is 0 Å². The molecule has 8 heteroatoms. The maximum Gasteiger partial charge on any atom is 0.273 e. The average molecular weight is 382 g/mol. The maximum absolute atomic E-state index is 12.5. The molecule has 1 N–H and O–H groups in total. The summed E-state index contributed by atoms with van der Waals surface area (Å²) in [7, 11) is 0. The highest BCUT2D eigenvalue weighted by Gasteiger charge is 2.21. The van der Waals surface area contributed by atoms with E-state index in [4.69, 9.17) is 0 Å². The first-order valence-electron chi connectivity index (χ1n) is 8.72. The number of carbonyl (C=O) groups is 1. The first kappa shape index (κ1) is 17.4. The van der Waals surface area contributed by atoms with E-state index in [-0.39, 0.29) is 16.5 Å². The van der Waals surface area contributed by atoms with Crippen molar-refractivity contribution in [3.63, 3.8) is 0 Å². The SMILES string of the molecule is Cc1ccc(-c2nc(-c3c[nH]c(C(=O)N4CCCC4)c3)cs2)cc1[N+](=O)[O-]. The number of nitro groups is 1. The first-order valence-corrected chi connectivity index (χ1v) is 9.60. The third-order valence-corrected chi connectivity index (χ3v) is 5.65. The zero-order valence-corrected chi connectivity index (χ0v) is 15.6. The molecule has 0 aliphatic carbocycles. The first-order chi connectivity index (χ1) is 13.0. The highest BCUT2D eigenvalue weighted by atomic mass is 32.1. The molecule has 3 aromatic rings. The van der Waals surface area contributed by atoms with Gasteiger partial charge in [0.05, 0.1) is 10.6 Å². The van der Waals surface area contributed by atoms with Crippen LogP contribution in [-0.4, -0.2) is 38.8 Å². The molecule has 4 rings (SSSR count). The van der Waals surface area contributed by atoms with Crippen LogP contribution in [0.4, 0.5) is 5.69 Å². The van der Waals surface area contributed by atoms with E-state index in [1.807, 2.05) is 22.4 Å². The Morgan fingerprint density at radius 1 is 1.26 bits per heavy atom. The van der Waals surface area contributed by atoms with Gasteiger partial charge in [0.2, 0.25) is 0 Å². The lowest BCUT2D eigenvalue weighted by Gasteiger charge is -2.13. The van der Waals surface area contributed by atoms with Gasteiger partial charge in [0, 0.05) is 47.4 Å².